The van der Waals surface area contributed by atoms with E-state index < -0.39 is 0 Å². The highest BCUT2D eigenvalue weighted by Crippen LogP contribution is 2.22. The molecular formula is C22H35N5O2. The second-order valence-corrected chi connectivity index (χ2v) is 7.22. The molecule has 2 N–H and O–H groups in total. The third kappa shape index (κ3) is 7.07. The van der Waals surface area contributed by atoms with Crippen LogP contribution in [-0.2, 0) is 13.1 Å². The van der Waals surface area contributed by atoms with Crippen molar-refractivity contribution < 1.29 is 4.52 Å². The first-order chi connectivity index (χ1) is 14.1. The van der Waals surface area contributed by atoms with Crippen LogP contribution in [0.5, 0.6) is 0 Å². The van der Waals surface area contributed by atoms with E-state index in [0.29, 0.717) is 12.5 Å². The number of nitrogens with one attached hydrogen (secondary N) is 2. The number of hydrogen-bond donors (Lipinski definition) is 2. The average Bonchev–Trinajstić information content (AvgIpc) is 3.17. The van der Waals surface area contributed by atoms with Crippen LogP contribution < -0.4 is 16.2 Å². The fraction of sp³-hybridized carbons (Fsp3) is 0.591. The van der Waals surface area contributed by atoms with Gasteiger partial charge in [-0.1, -0.05) is 25.1 Å². The first-order valence-electron chi connectivity index (χ1n) is 10.7. The standard InChI is InChI=1S/C22H35N5O2/c1-5-18(6-2)20-15-19(29-26-20)16-25-22(23-7-3)24-13-8-9-14-27-17(4)11-10-12-21(27)28/h10-12,15,18H,5-9,13-14,16H2,1-4H3,(H2,23,24,25). The summed E-state index contributed by atoms with van der Waals surface area (Å²) in [6, 6.07) is 7.40. The number of rotatable bonds is 11. The summed E-state index contributed by atoms with van der Waals surface area (Å²) in [5.41, 5.74) is 2.08. The summed E-state index contributed by atoms with van der Waals surface area (Å²) in [4.78, 5) is 16.5. The summed E-state index contributed by atoms with van der Waals surface area (Å²) >= 11 is 0. The molecule has 0 amide bonds. The van der Waals surface area contributed by atoms with Crippen LogP contribution in [0, 0.1) is 6.92 Å². The van der Waals surface area contributed by atoms with Crippen LogP contribution in [0.3, 0.4) is 0 Å². The van der Waals surface area contributed by atoms with Gasteiger partial charge in [0.2, 0.25) is 0 Å². The van der Waals surface area contributed by atoms with Crippen molar-refractivity contribution in [1.29, 1.82) is 0 Å². The lowest BCUT2D eigenvalue weighted by atomic mass is 9.99. The molecule has 0 unspecified atom stereocenters. The zero-order valence-electron chi connectivity index (χ0n) is 18.2. The number of unbranched alkanes of at least 4 members (excludes halogenated alkanes) is 1. The summed E-state index contributed by atoms with van der Waals surface area (Å²) in [7, 11) is 0. The SMILES string of the molecule is CCNC(=NCc1cc(C(CC)CC)no1)NCCCCn1c(C)cccc1=O. The minimum Gasteiger partial charge on any atom is -0.359 e. The van der Waals surface area contributed by atoms with E-state index in [2.05, 4.69) is 34.6 Å². The topological polar surface area (TPSA) is 84.4 Å². The Kier molecular flexibility index (Phi) is 9.47. The minimum absolute atomic E-state index is 0.0627. The lowest BCUT2D eigenvalue weighted by Gasteiger charge is -2.12. The van der Waals surface area contributed by atoms with Crippen molar-refractivity contribution in [3.63, 3.8) is 0 Å². The van der Waals surface area contributed by atoms with Gasteiger partial charge in [-0.15, -0.1) is 0 Å². The van der Waals surface area contributed by atoms with E-state index in [9.17, 15) is 4.79 Å². The number of aliphatic imine (C=N–C) groups is 1. The molecule has 0 aliphatic carbocycles. The molecule has 7 nitrogen and oxygen atoms in total. The second kappa shape index (κ2) is 12.1. The zero-order valence-corrected chi connectivity index (χ0v) is 18.2. The lowest BCUT2D eigenvalue weighted by Crippen LogP contribution is -2.37. The van der Waals surface area contributed by atoms with Gasteiger partial charge in [-0.3, -0.25) is 4.79 Å². The number of guanidine groups is 1. The van der Waals surface area contributed by atoms with Gasteiger partial charge in [0.05, 0.1) is 5.69 Å². The average molecular weight is 402 g/mol. The molecule has 0 aliphatic heterocycles. The summed E-state index contributed by atoms with van der Waals surface area (Å²) < 4.78 is 7.27. The molecule has 160 valence electrons. The maximum atomic E-state index is 11.9. The van der Waals surface area contributed by atoms with Crippen molar-refractivity contribution in [1.82, 2.24) is 20.4 Å². The molecule has 0 bridgehead atoms. The van der Waals surface area contributed by atoms with Crippen LogP contribution in [-0.4, -0.2) is 28.8 Å². The molecule has 7 heteroatoms. The number of hydrogen-bond acceptors (Lipinski definition) is 4. The van der Waals surface area contributed by atoms with Crippen molar-refractivity contribution >= 4 is 5.96 Å². The Morgan fingerprint density at radius 1 is 1.21 bits per heavy atom. The molecule has 0 radical (unpaired) electrons. The number of aromatic nitrogens is 2. The Bertz CT molecular complexity index is 821. The number of nitrogens with zero attached hydrogens (tertiary/aromatic N) is 3. The molecule has 0 atom stereocenters. The van der Waals surface area contributed by atoms with E-state index in [1.54, 1.807) is 12.1 Å². The summed E-state index contributed by atoms with van der Waals surface area (Å²) in [6.07, 6.45) is 4.00. The highest BCUT2D eigenvalue weighted by molar-refractivity contribution is 5.79. The minimum atomic E-state index is 0.0627. The van der Waals surface area contributed by atoms with Crippen LogP contribution in [0.1, 0.15) is 69.5 Å². The first-order valence-corrected chi connectivity index (χ1v) is 10.7. The normalized spacial score (nSPS) is 11.8. The predicted octanol–water partition coefficient (Wildman–Crippen LogP) is 3.58. The molecule has 0 saturated heterocycles. The molecule has 0 aliphatic rings. The van der Waals surface area contributed by atoms with Crippen LogP contribution in [0.25, 0.3) is 0 Å². The Hall–Kier alpha value is -2.57. The number of aryl methyl sites for hydroxylation is 1. The molecule has 0 saturated carbocycles. The maximum Gasteiger partial charge on any atom is 0.250 e. The van der Waals surface area contributed by atoms with Gasteiger partial charge in [-0.05, 0) is 45.6 Å². The predicted molar refractivity (Wildman–Crippen MR) is 117 cm³/mol. The second-order valence-electron chi connectivity index (χ2n) is 7.22. The Balaban J connectivity index is 1.81. The van der Waals surface area contributed by atoms with Gasteiger partial charge in [0.25, 0.3) is 5.56 Å². The molecule has 2 heterocycles. The van der Waals surface area contributed by atoms with E-state index >= 15 is 0 Å². The van der Waals surface area contributed by atoms with E-state index in [1.165, 1.54) is 0 Å². The Morgan fingerprint density at radius 2 is 2.00 bits per heavy atom. The fourth-order valence-electron chi connectivity index (χ4n) is 3.31. The van der Waals surface area contributed by atoms with E-state index in [4.69, 9.17) is 4.52 Å². The molecule has 2 rings (SSSR count). The van der Waals surface area contributed by atoms with Gasteiger partial charge in [0.15, 0.2) is 11.7 Å². The third-order valence-corrected chi connectivity index (χ3v) is 5.09. The van der Waals surface area contributed by atoms with E-state index in [-0.39, 0.29) is 5.56 Å². The quantitative estimate of drug-likeness (QED) is 0.341. The first kappa shape index (κ1) is 22.7. The summed E-state index contributed by atoms with van der Waals surface area (Å²) in [5.74, 6) is 1.99. The van der Waals surface area contributed by atoms with Crippen LogP contribution >= 0.6 is 0 Å². The van der Waals surface area contributed by atoms with Crippen molar-refractivity contribution in [2.75, 3.05) is 13.1 Å². The molecular weight excluding hydrogens is 366 g/mol. The molecule has 0 spiro atoms. The highest BCUT2D eigenvalue weighted by atomic mass is 16.5. The Labute approximate surface area is 173 Å². The molecule has 0 fully saturated rings. The van der Waals surface area contributed by atoms with Gasteiger partial charge in [0, 0.05) is 43.4 Å². The summed E-state index contributed by atoms with van der Waals surface area (Å²) in [6.45, 7) is 11.1. The van der Waals surface area contributed by atoms with Crippen LogP contribution in [0.2, 0.25) is 0 Å². The highest BCUT2D eigenvalue weighted by Gasteiger charge is 2.12. The summed E-state index contributed by atoms with van der Waals surface area (Å²) in [5, 5.41) is 10.8. The lowest BCUT2D eigenvalue weighted by molar-refractivity contribution is 0.372. The maximum absolute atomic E-state index is 11.9. The Morgan fingerprint density at radius 3 is 2.69 bits per heavy atom. The van der Waals surface area contributed by atoms with Crippen LogP contribution in [0.4, 0.5) is 0 Å². The zero-order chi connectivity index (χ0) is 21.1. The molecule has 29 heavy (non-hydrogen) atoms. The van der Waals surface area contributed by atoms with Crippen LogP contribution in [0.15, 0.2) is 38.6 Å². The molecule has 2 aromatic heterocycles. The van der Waals surface area contributed by atoms with Gasteiger partial charge >= 0.3 is 0 Å². The van der Waals surface area contributed by atoms with Crippen molar-refractivity contribution in [3.05, 3.63) is 51.8 Å². The van der Waals surface area contributed by atoms with Crippen molar-refractivity contribution in [2.45, 2.75) is 72.4 Å². The molecule has 2 aromatic rings. The van der Waals surface area contributed by atoms with E-state index in [0.717, 1.165) is 68.4 Å². The van der Waals surface area contributed by atoms with Gasteiger partial charge in [-0.25, -0.2) is 4.99 Å². The molecule has 0 aromatic carbocycles. The smallest absolute Gasteiger partial charge is 0.250 e. The van der Waals surface area contributed by atoms with Gasteiger partial charge < -0.3 is 19.7 Å². The van der Waals surface area contributed by atoms with Gasteiger partial charge in [-0.2, -0.15) is 0 Å². The van der Waals surface area contributed by atoms with E-state index in [1.807, 2.05) is 30.5 Å². The van der Waals surface area contributed by atoms with Crippen molar-refractivity contribution in [3.8, 4) is 0 Å². The third-order valence-electron chi connectivity index (χ3n) is 5.09. The monoisotopic (exact) mass is 401 g/mol. The van der Waals surface area contributed by atoms with Crippen molar-refractivity contribution in [2.24, 2.45) is 4.99 Å². The number of pyridine rings is 1. The largest absolute Gasteiger partial charge is 0.359 e. The fourth-order valence-corrected chi connectivity index (χ4v) is 3.31. The van der Waals surface area contributed by atoms with Gasteiger partial charge in [0.1, 0.15) is 6.54 Å².